The number of benzene rings is 1. The number of nitrogens with one attached hydrogen (secondary N) is 1. The van der Waals surface area contributed by atoms with Gasteiger partial charge in [-0.05, 0) is 61.4 Å². The highest BCUT2D eigenvalue weighted by Gasteiger charge is 2.27. The third-order valence-corrected chi connectivity index (χ3v) is 5.18. The third kappa shape index (κ3) is 4.43. The highest BCUT2D eigenvalue weighted by molar-refractivity contribution is 5.95. The molecule has 1 aliphatic heterocycles. The lowest BCUT2D eigenvalue weighted by Gasteiger charge is -2.32. The second-order valence-corrected chi connectivity index (χ2v) is 7.23. The van der Waals surface area contributed by atoms with Crippen LogP contribution in [0.15, 0.2) is 60.9 Å². The lowest BCUT2D eigenvalue weighted by molar-refractivity contribution is -0.120. The Kier molecular flexibility index (Phi) is 5.65. The fourth-order valence-corrected chi connectivity index (χ4v) is 3.53. The van der Waals surface area contributed by atoms with E-state index < -0.39 is 5.91 Å². The van der Waals surface area contributed by atoms with Crippen LogP contribution in [-0.2, 0) is 4.79 Å². The highest BCUT2D eigenvalue weighted by Crippen LogP contribution is 2.24. The van der Waals surface area contributed by atoms with Gasteiger partial charge in [-0.2, -0.15) is 0 Å². The minimum atomic E-state index is -0.494. The van der Waals surface area contributed by atoms with Crippen molar-refractivity contribution in [1.82, 2.24) is 15.2 Å². The molecule has 1 aliphatic rings. The van der Waals surface area contributed by atoms with Gasteiger partial charge < -0.3 is 16.0 Å². The fraction of sp³-hybridized carbons (Fsp3) is 0.227. The maximum atomic E-state index is 12.7. The zero-order valence-electron chi connectivity index (χ0n) is 16.4. The largest absolute Gasteiger partial charge is 0.366 e. The molecule has 1 unspecified atom stereocenters. The Morgan fingerprint density at radius 2 is 1.77 bits per heavy atom. The minimum Gasteiger partial charge on any atom is -0.366 e. The van der Waals surface area contributed by atoms with Crippen molar-refractivity contribution in [3.63, 3.8) is 0 Å². The number of amides is 2. The van der Waals surface area contributed by atoms with Crippen LogP contribution in [0.4, 0.5) is 11.5 Å². The van der Waals surface area contributed by atoms with Gasteiger partial charge in [-0.15, -0.1) is 10.2 Å². The van der Waals surface area contributed by atoms with Crippen molar-refractivity contribution >= 4 is 23.3 Å². The van der Waals surface area contributed by atoms with Crippen LogP contribution in [0.5, 0.6) is 0 Å². The Bertz CT molecular complexity index is 1020. The molecule has 3 N–H and O–H groups in total. The molecular weight excluding hydrogens is 380 g/mol. The molecule has 152 valence electrons. The Balaban J connectivity index is 1.40. The topological polar surface area (TPSA) is 114 Å². The summed E-state index contributed by atoms with van der Waals surface area (Å²) >= 11 is 0. The van der Waals surface area contributed by atoms with E-state index in [1.54, 1.807) is 36.7 Å². The first-order valence-corrected chi connectivity index (χ1v) is 9.80. The van der Waals surface area contributed by atoms with Crippen LogP contribution in [0.3, 0.4) is 0 Å². The Morgan fingerprint density at radius 3 is 2.43 bits per heavy atom. The molecule has 0 saturated carbocycles. The first-order valence-electron chi connectivity index (χ1n) is 9.80. The number of nitrogens with two attached hydrogens (primary N) is 1. The molecule has 4 rings (SSSR count). The lowest BCUT2D eigenvalue weighted by Crippen LogP contribution is -2.41. The average molecular weight is 402 g/mol. The molecule has 30 heavy (non-hydrogen) atoms. The number of primary amides is 1. The number of piperidine rings is 1. The average Bonchev–Trinajstić information content (AvgIpc) is 2.80. The molecule has 3 aromatic rings. The van der Waals surface area contributed by atoms with E-state index in [-0.39, 0.29) is 11.8 Å². The molecule has 1 aromatic carbocycles. The van der Waals surface area contributed by atoms with Crippen LogP contribution in [0.2, 0.25) is 0 Å². The molecular formula is C22H22N6O2. The quantitative estimate of drug-likeness (QED) is 0.678. The molecule has 3 heterocycles. The van der Waals surface area contributed by atoms with Crippen LogP contribution < -0.4 is 16.0 Å². The van der Waals surface area contributed by atoms with Gasteiger partial charge in [0.05, 0.1) is 11.6 Å². The molecule has 0 radical (unpaired) electrons. The van der Waals surface area contributed by atoms with E-state index in [9.17, 15) is 9.59 Å². The van der Waals surface area contributed by atoms with E-state index in [2.05, 4.69) is 25.4 Å². The molecule has 0 spiro atoms. The standard InChI is InChI=1S/C22H22N6O2/c23-21(29)16-3-5-18(6-4-16)25-22(30)17-2-1-13-28(14-17)20-8-7-19(26-27-20)15-9-11-24-12-10-15/h3-12,17H,1-2,13-14H2,(H2,23,29)(H,25,30). The number of carbonyl (C=O) groups is 2. The minimum absolute atomic E-state index is 0.0483. The predicted octanol–water partition coefficient (Wildman–Crippen LogP) is 2.49. The van der Waals surface area contributed by atoms with Gasteiger partial charge in [-0.3, -0.25) is 14.6 Å². The summed E-state index contributed by atoms with van der Waals surface area (Å²) in [5.41, 5.74) is 8.04. The molecule has 1 saturated heterocycles. The molecule has 8 nitrogen and oxygen atoms in total. The number of hydrogen-bond donors (Lipinski definition) is 2. The van der Waals surface area contributed by atoms with Gasteiger partial charge in [-0.25, -0.2) is 0 Å². The molecule has 1 atom stereocenters. The van der Waals surface area contributed by atoms with E-state index in [4.69, 9.17) is 5.73 Å². The van der Waals surface area contributed by atoms with Crippen molar-refractivity contribution in [2.24, 2.45) is 11.7 Å². The summed E-state index contributed by atoms with van der Waals surface area (Å²) in [4.78, 5) is 30.0. The van der Waals surface area contributed by atoms with Crippen LogP contribution >= 0.6 is 0 Å². The normalized spacial score (nSPS) is 16.1. The van der Waals surface area contributed by atoms with Gasteiger partial charge in [0.15, 0.2) is 5.82 Å². The number of anilines is 2. The smallest absolute Gasteiger partial charge is 0.248 e. The van der Waals surface area contributed by atoms with Gasteiger partial charge in [0, 0.05) is 42.3 Å². The number of aromatic nitrogens is 3. The number of pyridine rings is 1. The van der Waals surface area contributed by atoms with E-state index in [1.165, 1.54) is 0 Å². The third-order valence-electron chi connectivity index (χ3n) is 5.18. The summed E-state index contributed by atoms with van der Waals surface area (Å²) in [5.74, 6) is 0.0621. The van der Waals surface area contributed by atoms with Crippen LogP contribution in [-0.4, -0.2) is 40.1 Å². The van der Waals surface area contributed by atoms with Gasteiger partial charge in [0.1, 0.15) is 0 Å². The van der Waals surface area contributed by atoms with Crippen molar-refractivity contribution in [3.8, 4) is 11.3 Å². The number of nitrogens with zero attached hydrogens (tertiary/aromatic N) is 4. The summed E-state index contributed by atoms with van der Waals surface area (Å²) in [6.07, 6.45) is 5.15. The molecule has 1 fully saturated rings. The summed E-state index contributed by atoms with van der Waals surface area (Å²) in [7, 11) is 0. The van der Waals surface area contributed by atoms with Crippen molar-refractivity contribution in [2.75, 3.05) is 23.3 Å². The van der Waals surface area contributed by atoms with Crippen molar-refractivity contribution < 1.29 is 9.59 Å². The van der Waals surface area contributed by atoms with Gasteiger partial charge in [-0.1, -0.05) is 0 Å². The lowest BCUT2D eigenvalue weighted by atomic mass is 9.97. The summed E-state index contributed by atoms with van der Waals surface area (Å²) in [5, 5.41) is 11.6. The number of carbonyl (C=O) groups excluding carboxylic acids is 2. The van der Waals surface area contributed by atoms with Gasteiger partial charge in [0.25, 0.3) is 0 Å². The maximum Gasteiger partial charge on any atom is 0.248 e. The van der Waals surface area contributed by atoms with Crippen molar-refractivity contribution in [3.05, 3.63) is 66.5 Å². The van der Waals surface area contributed by atoms with Gasteiger partial charge in [0.2, 0.25) is 11.8 Å². The molecule has 2 amide bonds. The number of hydrogen-bond acceptors (Lipinski definition) is 6. The Hall–Kier alpha value is -3.81. The zero-order valence-corrected chi connectivity index (χ0v) is 16.4. The molecule has 0 aliphatic carbocycles. The van der Waals surface area contributed by atoms with Crippen molar-refractivity contribution in [1.29, 1.82) is 0 Å². The van der Waals surface area contributed by atoms with E-state index >= 15 is 0 Å². The number of rotatable bonds is 5. The zero-order chi connectivity index (χ0) is 20.9. The Morgan fingerprint density at radius 1 is 1.00 bits per heavy atom. The highest BCUT2D eigenvalue weighted by atomic mass is 16.2. The van der Waals surface area contributed by atoms with Crippen LogP contribution in [0.25, 0.3) is 11.3 Å². The maximum absolute atomic E-state index is 12.7. The SMILES string of the molecule is NC(=O)c1ccc(NC(=O)C2CCCN(c3ccc(-c4ccncc4)nn3)C2)cc1. The van der Waals surface area contributed by atoms with Crippen molar-refractivity contribution in [2.45, 2.75) is 12.8 Å². The van der Waals surface area contributed by atoms with E-state index in [0.29, 0.717) is 17.8 Å². The predicted molar refractivity (Wildman–Crippen MR) is 114 cm³/mol. The van der Waals surface area contributed by atoms with Gasteiger partial charge >= 0.3 is 0 Å². The van der Waals surface area contributed by atoms with Crippen LogP contribution in [0.1, 0.15) is 23.2 Å². The second-order valence-electron chi connectivity index (χ2n) is 7.23. The first-order chi connectivity index (χ1) is 14.6. The fourth-order valence-electron chi connectivity index (χ4n) is 3.53. The first kappa shape index (κ1) is 19.5. The second kappa shape index (κ2) is 8.69. The summed E-state index contributed by atoms with van der Waals surface area (Å²) in [6, 6.07) is 14.2. The summed E-state index contributed by atoms with van der Waals surface area (Å²) in [6.45, 7) is 1.41. The molecule has 8 heteroatoms. The van der Waals surface area contributed by atoms with E-state index in [1.807, 2.05) is 24.3 Å². The summed E-state index contributed by atoms with van der Waals surface area (Å²) < 4.78 is 0. The monoisotopic (exact) mass is 402 g/mol. The molecule has 2 aromatic heterocycles. The molecule has 0 bridgehead atoms. The Labute approximate surface area is 174 Å². The van der Waals surface area contributed by atoms with Crippen LogP contribution in [0, 0.1) is 5.92 Å². The van der Waals surface area contributed by atoms with E-state index in [0.717, 1.165) is 36.5 Å².